The van der Waals surface area contributed by atoms with Gasteiger partial charge in [-0.1, -0.05) is 12.1 Å². The lowest BCUT2D eigenvalue weighted by Gasteiger charge is -2.17. The van der Waals surface area contributed by atoms with Crippen LogP contribution in [0.4, 0.5) is 0 Å². The molecule has 0 aliphatic carbocycles. The fourth-order valence-corrected chi connectivity index (χ4v) is 2.75. The second kappa shape index (κ2) is 7.24. The van der Waals surface area contributed by atoms with Gasteiger partial charge in [0, 0.05) is 35.7 Å². The first-order chi connectivity index (χ1) is 9.16. The monoisotopic (exact) mass is 372 g/mol. The molecule has 0 bridgehead atoms. The van der Waals surface area contributed by atoms with Crippen LogP contribution >= 0.6 is 22.6 Å². The van der Waals surface area contributed by atoms with Crippen molar-refractivity contribution in [2.75, 3.05) is 19.6 Å². The van der Waals surface area contributed by atoms with Gasteiger partial charge in [-0.15, -0.1) is 0 Å². The van der Waals surface area contributed by atoms with E-state index >= 15 is 0 Å². The van der Waals surface area contributed by atoms with Crippen molar-refractivity contribution in [3.63, 3.8) is 0 Å². The zero-order chi connectivity index (χ0) is 13.7. The van der Waals surface area contributed by atoms with Gasteiger partial charge in [0.2, 0.25) is 5.91 Å². The predicted molar refractivity (Wildman–Crippen MR) is 86.0 cm³/mol. The Bertz CT molecular complexity index is 413. The van der Waals surface area contributed by atoms with Crippen LogP contribution in [0.3, 0.4) is 0 Å². The highest BCUT2D eigenvalue weighted by Crippen LogP contribution is 2.14. The number of benzene rings is 1. The molecular formula is C15H21IN2O. The van der Waals surface area contributed by atoms with E-state index in [4.69, 9.17) is 0 Å². The number of likely N-dealkylation sites (tertiary alicyclic amines) is 1. The quantitative estimate of drug-likeness (QED) is 0.807. The number of carbonyl (C=O) groups is 1. The minimum Gasteiger partial charge on any atom is -0.343 e. The van der Waals surface area contributed by atoms with Gasteiger partial charge in [0.1, 0.15) is 0 Å². The van der Waals surface area contributed by atoms with Crippen LogP contribution in [0.25, 0.3) is 0 Å². The SMILES string of the molecule is CC(NCCC(=O)N1CCCC1)c1ccc(I)cc1. The van der Waals surface area contributed by atoms with Crippen LogP contribution in [0.5, 0.6) is 0 Å². The summed E-state index contributed by atoms with van der Waals surface area (Å²) >= 11 is 2.31. The van der Waals surface area contributed by atoms with Crippen LogP contribution in [0, 0.1) is 3.57 Å². The highest BCUT2D eigenvalue weighted by atomic mass is 127. The van der Waals surface area contributed by atoms with Crippen molar-refractivity contribution in [3.8, 4) is 0 Å². The molecule has 1 aliphatic rings. The Morgan fingerprint density at radius 2 is 1.95 bits per heavy atom. The molecule has 2 rings (SSSR count). The Balaban J connectivity index is 1.72. The molecule has 1 aliphatic heterocycles. The van der Waals surface area contributed by atoms with Crippen molar-refractivity contribution in [2.45, 2.75) is 32.2 Å². The first-order valence-electron chi connectivity index (χ1n) is 6.93. The van der Waals surface area contributed by atoms with Gasteiger partial charge in [-0.3, -0.25) is 4.79 Å². The van der Waals surface area contributed by atoms with Crippen LogP contribution in [-0.2, 0) is 4.79 Å². The summed E-state index contributed by atoms with van der Waals surface area (Å²) in [5.41, 5.74) is 1.27. The third-order valence-electron chi connectivity index (χ3n) is 3.62. The lowest BCUT2D eigenvalue weighted by molar-refractivity contribution is -0.130. The molecule has 104 valence electrons. The van der Waals surface area contributed by atoms with Crippen LogP contribution < -0.4 is 5.32 Å². The van der Waals surface area contributed by atoms with Gasteiger partial charge in [-0.25, -0.2) is 0 Å². The Kier molecular flexibility index (Phi) is 5.63. The fourth-order valence-electron chi connectivity index (χ4n) is 2.39. The van der Waals surface area contributed by atoms with Gasteiger partial charge < -0.3 is 10.2 Å². The number of hydrogen-bond acceptors (Lipinski definition) is 2. The molecule has 1 aromatic carbocycles. The highest BCUT2D eigenvalue weighted by Gasteiger charge is 2.17. The summed E-state index contributed by atoms with van der Waals surface area (Å²) in [6.07, 6.45) is 2.94. The molecule has 19 heavy (non-hydrogen) atoms. The van der Waals surface area contributed by atoms with Gasteiger partial charge in [-0.05, 0) is 60.1 Å². The topological polar surface area (TPSA) is 32.3 Å². The van der Waals surface area contributed by atoms with Gasteiger partial charge in [0.15, 0.2) is 0 Å². The largest absolute Gasteiger partial charge is 0.343 e. The Morgan fingerprint density at radius 1 is 1.32 bits per heavy atom. The van der Waals surface area contributed by atoms with Crippen molar-refractivity contribution >= 4 is 28.5 Å². The smallest absolute Gasteiger partial charge is 0.223 e. The Morgan fingerprint density at radius 3 is 2.58 bits per heavy atom. The molecule has 0 saturated carbocycles. The summed E-state index contributed by atoms with van der Waals surface area (Å²) in [5, 5.41) is 3.42. The zero-order valence-electron chi connectivity index (χ0n) is 11.4. The van der Waals surface area contributed by atoms with Gasteiger partial charge in [0.25, 0.3) is 0 Å². The van der Waals surface area contributed by atoms with E-state index in [1.165, 1.54) is 9.13 Å². The number of amides is 1. The van der Waals surface area contributed by atoms with Gasteiger partial charge in [0.05, 0.1) is 0 Å². The number of hydrogen-bond donors (Lipinski definition) is 1. The van der Waals surface area contributed by atoms with Gasteiger partial charge in [-0.2, -0.15) is 0 Å². The van der Waals surface area contributed by atoms with Crippen molar-refractivity contribution in [3.05, 3.63) is 33.4 Å². The first-order valence-corrected chi connectivity index (χ1v) is 8.01. The highest BCUT2D eigenvalue weighted by molar-refractivity contribution is 14.1. The molecule has 1 atom stereocenters. The fraction of sp³-hybridized carbons (Fsp3) is 0.533. The number of nitrogens with one attached hydrogen (secondary N) is 1. The van der Waals surface area contributed by atoms with E-state index in [9.17, 15) is 4.79 Å². The van der Waals surface area contributed by atoms with E-state index in [0.29, 0.717) is 18.4 Å². The van der Waals surface area contributed by atoms with Crippen molar-refractivity contribution in [2.24, 2.45) is 0 Å². The van der Waals surface area contributed by atoms with Crippen LogP contribution in [0.2, 0.25) is 0 Å². The van der Waals surface area contributed by atoms with E-state index in [-0.39, 0.29) is 0 Å². The lowest BCUT2D eigenvalue weighted by Crippen LogP contribution is -2.31. The Labute approximate surface area is 128 Å². The maximum absolute atomic E-state index is 11.9. The second-order valence-corrected chi connectivity index (χ2v) is 6.31. The number of rotatable bonds is 5. The molecule has 1 saturated heterocycles. The summed E-state index contributed by atoms with van der Waals surface area (Å²) in [6.45, 7) is 4.79. The summed E-state index contributed by atoms with van der Waals surface area (Å²) in [7, 11) is 0. The first kappa shape index (κ1) is 14.8. The molecule has 1 aromatic rings. The van der Waals surface area contributed by atoms with Gasteiger partial charge >= 0.3 is 0 Å². The van der Waals surface area contributed by atoms with E-state index in [1.807, 2.05) is 4.90 Å². The lowest BCUT2D eigenvalue weighted by atomic mass is 10.1. The van der Waals surface area contributed by atoms with Crippen molar-refractivity contribution in [1.29, 1.82) is 0 Å². The summed E-state index contributed by atoms with van der Waals surface area (Å²) in [4.78, 5) is 13.9. The molecule has 4 heteroatoms. The van der Waals surface area contributed by atoms with Crippen LogP contribution in [0.15, 0.2) is 24.3 Å². The minimum absolute atomic E-state index is 0.291. The molecule has 1 fully saturated rings. The Hall–Kier alpha value is -0.620. The van der Waals surface area contributed by atoms with Crippen molar-refractivity contribution in [1.82, 2.24) is 10.2 Å². The van der Waals surface area contributed by atoms with Crippen LogP contribution in [-0.4, -0.2) is 30.4 Å². The van der Waals surface area contributed by atoms with E-state index in [1.54, 1.807) is 0 Å². The third-order valence-corrected chi connectivity index (χ3v) is 4.34. The molecule has 1 unspecified atom stereocenters. The molecule has 0 spiro atoms. The minimum atomic E-state index is 0.291. The number of carbonyl (C=O) groups excluding carboxylic acids is 1. The van der Waals surface area contributed by atoms with E-state index in [0.717, 1.165) is 32.5 Å². The standard InChI is InChI=1S/C15H21IN2O/c1-12(13-4-6-14(16)7-5-13)17-9-8-15(19)18-10-2-3-11-18/h4-7,12,17H,2-3,8-11H2,1H3. The molecule has 1 amide bonds. The van der Waals surface area contributed by atoms with Crippen molar-refractivity contribution < 1.29 is 4.79 Å². The molecule has 1 heterocycles. The number of halogens is 1. The molecule has 0 aromatic heterocycles. The summed E-state index contributed by atoms with van der Waals surface area (Å²) < 4.78 is 1.25. The average molecular weight is 372 g/mol. The molecular weight excluding hydrogens is 351 g/mol. The summed E-state index contributed by atoms with van der Waals surface area (Å²) in [5.74, 6) is 0.291. The average Bonchev–Trinajstić information content (AvgIpc) is 2.93. The van der Waals surface area contributed by atoms with E-state index in [2.05, 4.69) is 59.1 Å². The maximum Gasteiger partial charge on any atom is 0.223 e. The molecule has 1 N–H and O–H groups in total. The third kappa shape index (κ3) is 4.45. The molecule has 0 radical (unpaired) electrons. The normalized spacial score (nSPS) is 16.6. The number of nitrogens with zero attached hydrogens (tertiary/aromatic N) is 1. The molecule has 3 nitrogen and oxygen atoms in total. The second-order valence-electron chi connectivity index (χ2n) is 5.07. The zero-order valence-corrected chi connectivity index (χ0v) is 13.5. The predicted octanol–water partition coefficient (Wildman–Crippen LogP) is 2.95. The van der Waals surface area contributed by atoms with Crippen LogP contribution in [0.1, 0.15) is 37.8 Å². The maximum atomic E-state index is 11.9. The summed E-state index contributed by atoms with van der Waals surface area (Å²) in [6, 6.07) is 8.81. The van der Waals surface area contributed by atoms with E-state index < -0.39 is 0 Å².